The molecule has 0 aliphatic rings. The van der Waals surface area contributed by atoms with E-state index in [0.717, 1.165) is 12.1 Å². The summed E-state index contributed by atoms with van der Waals surface area (Å²) in [4.78, 5) is 28.6. The van der Waals surface area contributed by atoms with Gasteiger partial charge in [0.05, 0.1) is 11.3 Å². The van der Waals surface area contributed by atoms with Crippen LogP contribution in [0, 0.1) is 23.0 Å². The fourth-order valence-electron chi connectivity index (χ4n) is 2.35. The molecule has 0 atom stereocenters. The van der Waals surface area contributed by atoms with E-state index in [9.17, 15) is 18.4 Å². The van der Waals surface area contributed by atoms with Crippen LogP contribution in [0.15, 0.2) is 60.8 Å². The topological polar surface area (TPSA) is 94.9 Å². The lowest BCUT2D eigenvalue weighted by atomic mass is 10.1. The van der Waals surface area contributed by atoms with Crippen molar-refractivity contribution in [2.75, 3.05) is 10.6 Å². The largest absolute Gasteiger partial charge is 0.321 e. The van der Waals surface area contributed by atoms with Gasteiger partial charge >= 0.3 is 0 Å². The first-order valence-corrected chi connectivity index (χ1v) is 8.01. The Morgan fingerprint density at radius 2 is 1.71 bits per heavy atom. The number of anilines is 2. The summed E-state index contributed by atoms with van der Waals surface area (Å²) in [5, 5.41) is 14.1. The van der Waals surface area contributed by atoms with Crippen LogP contribution in [0.4, 0.5) is 20.2 Å². The number of hydrogen-bond acceptors (Lipinski definition) is 4. The number of nitriles is 1. The Balaban J connectivity index is 1.77. The van der Waals surface area contributed by atoms with Crippen LogP contribution >= 0.6 is 0 Å². The molecule has 0 fully saturated rings. The van der Waals surface area contributed by atoms with E-state index < -0.39 is 23.4 Å². The van der Waals surface area contributed by atoms with Gasteiger partial charge in [-0.3, -0.25) is 14.6 Å². The van der Waals surface area contributed by atoms with Crippen molar-refractivity contribution >= 4 is 23.2 Å². The van der Waals surface area contributed by atoms with Crippen LogP contribution in [0.25, 0.3) is 0 Å². The second-order valence-corrected chi connectivity index (χ2v) is 5.62. The molecular weight excluding hydrogens is 366 g/mol. The molecular formula is C20H12F2N4O2. The maximum atomic E-state index is 13.3. The van der Waals surface area contributed by atoms with Gasteiger partial charge < -0.3 is 10.6 Å². The van der Waals surface area contributed by atoms with E-state index >= 15 is 0 Å². The van der Waals surface area contributed by atoms with Crippen molar-refractivity contribution in [2.24, 2.45) is 0 Å². The molecule has 0 bridgehead atoms. The predicted octanol–water partition coefficient (Wildman–Crippen LogP) is 3.74. The van der Waals surface area contributed by atoms with Gasteiger partial charge in [-0.1, -0.05) is 12.1 Å². The molecule has 0 radical (unpaired) electrons. The number of amides is 2. The Hall–Kier alpha value is -4.12. The summed E-state index contributed by atoms with van der Waals surface area (Å²) in [6, 6.07) is 14.0. The Morgan fingerprint density at radius 3 is 2.46 bits per heavy atom. The summed E-state index contributed by atoms with van der Waals surface area (Å²) in [5.74, 6) is -3.37. The number of hydrogen-bond donors (Lipinski definition) is 2. The van der Waals surface area contributed by atoms with Gasteiger partial charge in [-0.15, -0.1) is 0 Å². The Bertz CT molecular complexity index is 1110. The molecule has 138 valence electrons. The van der Waals surface area contributed by atoms with E-state index in [1.54, 1.807) is 24.3 Å². The molecule has 0 saturated carbocycles. The van der Waals surface area contributed by atoms with E-state index in [1.807, 2.05) is 6.07 Å². The zero-order valence-corrected chi connectivity index (χ0v) is 14.2. The van der Waals surface area contributed by atoms with Crippen LogP contribution in [0.1, 0.15) is 26.4 Å². The fourth-order valence-corrected chi connectivity index (χ4v) is 2.35. The summed E-state index contributed by atoms with van der Waals surface area (Å²) in [5.41, 5.74) is 0.716. The maximum Gasteiger partial charge on any atom is 0.274 e. The van der Waals surface area contributed by atoms with Gasteiger partial charge in [0.2, 0.25) is 0 Å². The molecule has 2 N–H and O–H groups in total. The molecule has 0 saturated heterocycles. The summed E-state index contributed by atoms with van der Waals surface area (Å²) >= 11 is 0. The van der Waals surface area contributed by atoms with Gasteiger partial charge in [0.25, 0.3) is 11.8 Å². The van der Waals surface area contributed by atoms with Crippen molar-refractivity contribution < 1.29 is 18.4 Å². The summed E-state index contributed by atoms with van der Waals surface area (Å²) in [7, 11) is 0. The van der Waals surface area contributed by atoms with E-state index in [-0.39, 0.29) is 16.9 Å². The molecule has 1 heterocycles. The highest BCUT2D eigenvalue weighted by atomic mass is 19.2. The first-order valence-electron chi connectivity index (χ1n) is 8.01. The number of carbonyl (C=O) groups excluding carboxylic acids is 2. The zero-order chi connectivity index (χ0) is 20.1. The second-order valence-electron chi connectivity index (χ2n) is 5.62. The van der Waals surface area contributed by atoms with Crippen molar-refractivity contribution in [3.63, 3.8) is 0 Å². The molecule has 1 aromatic heterocycles. The zero-order valence-electron chi connectivity index (χ0n) is 14.2. The number of aromatic nitrogens is 1. The highest BCUT2D eigenvalue weighted by Crippen LogP contribution is 2.16. The van der Waals surface area contributed by atoms with E-state index in [4.69, 9.17) is 5.26 Å². The average Bonchev–Trinajstić information content (AvgIpc) is 2.71. The lowest BCUT2D eigenvalue weighted by Crippen LogP contribution is -2.17. The minimum absolute atomic E-state index is 0.0449. The van der Waals surface area contributed by atoms with E-state index in [1.165, 1.54) is 24.4 Å². The van der Waals surface area contributed by atoms with Gasteiger partial charge in [0.1, 0.15) is 11.8 Å². The first kappa shape index (κ1) is 18.7. The Kier molecular flexibility index (Phi) is 5.37. The van der Waals surface area contributed by atoms with Gasteiger partial charge in [0, 0.05) is 23.5 Å². The van der Waals surface area contributed by atoms with Crippen molar-refractivity contribution in [1.29, 1.82) is 5.26 Å². The number of nitrogens with zero attached hydrogens (tertiary/aromatic N) is 2. The van der Waals surface area contributed by atoms with Crippen LogP contribution in [0.2, 0.25) is 0 Å². The smallest absolute Gasteiger partial charge is 0.274 e. The van der Waals surface area contributed by atoms with Gasteiger partial charge in [-0.2, -0.15) is 5.26 Å². The van der Waals surface area contributed by atoms with Crippen molar-refractivity contribution in [3.8, 4) is 6.07 Å². The molecule has 2 amide bonds. The Labute approximate surface area is 158 Å². The number of carbonyl (C=O) groups is 2. The number of para-hydroxylation sites is 1. The standard InChI is InChI=1S/C20H12F2N4O2/c21-15-6-5-14(10-16(15)22)25-20(28)18-9-12(7-8-24-18)19(27)26-17-4-2-1-3-13(17)11-23/h1-10H,(H,25,28)(H,26,27). The number of nitrogens with one attached hydrogen (secondary N) is 2. The lowest BCUT2D eigenvalue weighted by molar-refractivity contribution is 0.102. The highest BCUT2D eigenvalue weighted by molar-refractivity contribution is 6.08. The maximum absolute atomic E-state index is 13.3. The average molecular weight is 378 g/mol. The van der Waals surface area contributed by atoms with Gasteiger partial charge in [0.15, 0.2) is 11.6 Å². The molecule has 6 nitrogen and oxygen atoms in total. The van der Waals surface area contributed by atoms with Gasteiger partial charge in [-0.05, 0) is 36.4 Å². The van der Waals surface area contributed by atoms with Crippen molar-refractivity contribution in [3.05, 3.63) is 89.2 Å². The van der Waals surface area contributed by atoms with Crippen LogP contribution < -0.4 is 10.6 Å². The third-order valence-electron chi connectivity index (χ3n) is 3.73. The summed E-state index contributed by atoms with van der Waals surface area (Å²) < 4.78 is 26.2. The first-order chi connectivity index (χ1) is 13.5. The predicted molar refractivity (Wildman–Crippen MR) is 97.7 cm³/mol. The number of halogens is 2. The lowest BCUT2D eigenvalue weighted by Gasteiger charge is -2.08. The highest BCUT2D eigenvalue weighted by Gasteiger charge is 2.14. The third-order valence-corrected chi connectivity index (χ3v) is 3.73. The molecule has 3 aromatic rings. The molecule has 0 unspecified atom stereocenters. The summed E-state index contributed by atoms with van der Waals surface area (Å²) in [6.07, 6.45) is 1.27. The molecule has 0 aliphatic carbocycles. The van der Waals surface area contributed by atoms with Gasteiger partial charge in [-0.25, -0.2) is 8.78 Å². The second kappa shape index (κ2) is 8.05. The summed E-state index contributed by atoms with van der Waals surface area (Å²) in [6.45, 7) is 0. The van der Waals surface area contributed by atoms with Crippen LogP contribution in [0.3, 0.4) is 0 Å². The minimum Gasteiger partial charge on any atom is -0.321 e. The van der Waals surface area contributed by atoms with Crippen LogP contribution in [-0.4, -0.2) is 16.8 Å². The third kappa shape index (κ3) is 4.16. The molecule has 8 heteroatoms. The van der Waals surface area contributed by atoms with Crippen molar-refractivity contribution in [1.82, 2.24) is 4.98 Å². The molecule has 28 heavy (non-hydrogen) atoms. The number of benzene rings is 2. The van der Waals surface area contributed by atoms with Crippen LogP contribution in [0.5, 0.6) is 0 Å². The molecule has 2 aromatic carbocycles. The molecule has 0 spiro atoms. The quantitative estimate of drug-likeness (QED) is 0.723. The molecule has 0 aliphatic heterocycles. The van der Waals surface area contributed by atoms with Crippen molar-refractivity contribution in [2.45, 2.75) is 0 Å². The normalized spacial score (nSPS) is 10.0. The van der Waals surface area contributed by atoms with E-state index in [0.29, 0.717) is 11.3 Å². The minimum atomic E-state index is -1.10. The number of rotatable bonds is 4. The van der Waals surface area contributed by atoms with E-state index in [2.05, 4.69) is 15.6 Å². The Morgan fingerprint density at radius 1 is 0.929 bits per heavy atom. The number of pyridine rings is 1. The molecule has 3 rings (SSSR count). The SMILES string of the molecule is N#Cc1ccccc1NC(=O)c1ccnc(C(=O)Nc2ccc(F)c(F)c2)c1. The fraction of sp³-hybridized carbons (Fsp3) is 0. The monoisotopic (exact) mass is 378 g/mol. The van der Waals surface area contributed by atoms with Crippen LogP contribution in [-0.2, 0) is 0 Å².